The highest BCUT2D eigenvalue weighted by atomic mass is 32.2. The van der Waals surface area contributed by atoms with E-state index in [0.717, 1.165) is 9.79 Å². The molecule has 0 N–H and O–H groups in total. The van der Waals surface area contributed by atoms with E-state index in [1.807, 2.05) is 60.7 Å². The summed E-state index contributed by atoms with van der Waals surface area (Å²) in [7, 11) is -2.32. The molecule has 0 aromatic heterocycles. The predicted molar refractivity (Wildman–Crippen MR) is 73.5 cm³/mol. The normalized spacial score (nSPS) is 13.9. The summed E-state index contributed by atoms with van der Waals surface area (Å²) in [5.41, 5.74) is 0. The van der Waals surface area contributed by atoms with Crippen molar-refractivity contribution >= 4 is 21.7 Å². The Labute approximate surface area is 106 Å². The summed E-state index contributed by atoms with van der Waals surface area (Å²) >= 11 is 1.27. The molecule has 0 fully saturated rings. The summed E-state index contributed by atoms with van der Waals surface area (Å²) in [5, 5.41) is 0. The zero-order valence-electron chi connectivity index (χ0n) is 9.45. The van der Waals surface area contributed by atoms with Gasteiger partial charge in [0.15, 0.2) is 0 Å². The van der Waals surface area contributed by atoms with Gasteiger partial charge >= 0.3 is 0 Å². The molecule has 4 heteroatoms. The van der Waals surface area contributed by atoms with Crippen LogP contribution in [-0.2, 0) is 9.73 Å². The molecule has 0 radical (unpaired) electrons. The summed E-state index contributed by atoms with van der Waals surface area (Å²) in [6.45, 7) is 0. The predicted octanol–water partition coefficient (Wildman–Crippen LogP) is 3.85. The molecule has 0 bridgehead atoms. The molecule has 2 rings (SSSR count). The van der Waals surface area contributed by atoms with Crippen LogP contribution >= 0.6 is 11.9 Å². The third-order valence-electron chi connectivity index (χ3n) is 2.21. The number of hydrogen-bond donors (Lipinski definition) is 0. The van der Waals surface area contributed by atoms with Gasteiger partial charge in [0.1, 0.15) is 0 Å². The van der Waals surface area contributed by atoms with Gasteiger partial charge in [-0.2, -0.15) is 3.77 Å². The maximum absolute atomic E-state index is 12.4. The van der Waals surface area contributed by atoms with Gasteiger partial charge in [-0.3, -0.25) is 0 Å². The van der Waals surface area contributed by atoms with Crippen molar-refractivity contribution in [3.05, 3.63) is 60.7 Å². The first-order chi connectivity index (χ1) is 8.18. The van der Waals surface area contributed by atoms with Crippen molar-refractivity contribution in [1.82, 2.24) is 0 Å². The van der Waals surface area contributed by atoms with Crippen molar-refractivity contribution in [2.75, 3.05) is 6.26 Å². The van der Waals surface area contributed by atoms with Gasteiger partial charge < -0.3 is 0 Å². The first-order valence-corrected chi connectivity index (χ1v) is 7.87. The van der Waals surface area contributed by atoms with Crippen molar-refractivity contribution in [1.29, 1.82) is 0 Å². The summed E-state index contributed by atoms with van der Waals surface area (Å²) in [6, 6.07) is 19.1. The molecule has 88 valence electrons. The molecule has 0 spiro atoms. The minimum Gasteiger partial charge on any atom is -0.244 e. The molecule has 0 heterocycles. The average molecular weight is 263 g/mol. The van der Waals surface area contributed by atoms with E-state index in [1.165, 1.54) is 11.9 Å². The van der Waals surface area contributed by atoms with Crippen LogP contribution in [0.4, 0.5) is 0 Å². The Hall–Kier alpha value is -1.26. The van der Waals surface area contributed by atoms with Crippen LogP contribution in [-0.4, -0.2) is 10.5 Å². The van der Waals surface area contributed by atoms with Crippen LogP contribution in [0.25, 0.3) is 0 Å². The number of rotatable bonds is 3. The Bertz CT molecular complexity index is 587. The second kappa shape index (κ2) is 5.38. The van der Waals surface area contributed by atoms with Crippen LogP contribution in [0.1, 0.15) is 0 Å². The first kappa shape index (κ1) is 12.2. The molecular formula is C13H13NOS2. The molecule has 1 atom stereocenters. The van der Waals surface area contributed by atoms with Gasteiger partial charge in [0, 0.05) is 28.0 Å². The van der Waals surface area contributed by atoms with Gasteiger partial charge in [0.2, 0.25) is 0 Å². The fourth-order valence-electron chi connectivity index (χ4n) is 1.31. The lowest BCUT2D eigenvalue weighted by molar-refractivity contribution is 0.681. The van der Waals surface area contributed by atoms with Gasteiger partial charge in [-0.1, -0.05) is 36.4 Å². The molecule has 0 saturated carbocycles. The fraction of sp³-hybridized carbons (Fsp3) is 0.0769. The summed E-state index contributed by atoms with van der Waals surface area (Å²) < 4.78 is 16.6. The SMILES string of the molecule is CS(=O)(=NSc1ccccc1)c1ccccc1. The van der Waals surface area contributed by atoms with E-state index in [2.05, 4.69) is 3.77 Å². The fourth-order valence-corrected chi connectivity index (χ4v) is 3.51. The Morgan fingerprint density at radius 2 is 1.47 bits per heavy atom. The van der Waals surface area contributed by atoms with E-state index in [9.17, 15) is 4.21 Å². The number of nitrogens with zero attached hydrogens (tertiary/aromatic N) is 1. The minimum absolute atomic E-state index is 0.767. The van der Waals surface area contributed by atoms with Crippen LogP contribution in [0, 0.1) is 0 Å². The Kier molecular flexibility index (Phi) is 3.86. The lowest BCUT2D eigenvalue weighted by Gasteiger charge is -2.03. The van der Waals surface area contributed by atoms with Crippen LogP contribution in [0.5, 0.6) is 0 Å². The molecule has 0 aliphatic heterocycles. The molecule has 0 saturated heterocycles. The number of benzene rings is 2. The molecule has 1 unspecified atom stereocenters. The second-order valence-electron chi connectivity index (χ2n) is 3.59. The van der Waals surface area contributed by atoms with E-state index in [-0.39, 0.29) is 0 Å². The van der Waals surface area contributed by atoms with Gasteiger partial charge in [0.25, 0.3) is 0 Å². The Morgan fingerprint density at radius 3 is 2.06 bits per heavy atom. The molecular weight excluding hydrogens is 250 g/mol. The second-order valence-corrected chi connectivity index (χ2v) is 6.92. The molecule has 2 nitrogen and oxygen atoms in total. The van der Waals surface area contributed by atoms with Crippen molar-refractivity contribution in [2.24, 2.45) is 3.77 Å². The van der Waals surface area contributed by atoms with Crippen LogP contribution < -0.4 is 0 Å². The summed E-state index contributed by atoms with van der Waals surface area (Å²) in [4.78, 5) is 1.77. The highest BCUT2D eigenvalue weighted by Crippen LogP contribution is 2.23. The van der Waals surface area contributed by atoms with Crippen LogP contribution in [0.2, 0.25) is 0 Å². The summed E-state index contributed by atoms with van der Waals surface area (Å²) in [5.74, 6) is 0. The van der Waals surface area contributed by atoms with Gasteiger partial charge in [-0.25, -0.2) is 4.21 Å². The topological polar surface area (TPSA) is 29.4 Å². The molecule has 2 aromatic rings. The molecule has 0 aliphatic rings. The zero-order valence-corrected chi connectivity index (χ0v) is 11.1. The maximum atomic E-state index is 12.4. The van der Waals surface area contributed by atoms with Crippen LogP contribution in [0.3, 0.4) is 0 Å². The highest BCUT2D eigenvalue weighted by molar-refractivity contribution is 8.07. The van der Waals surface area contributed by atoms with E-state index >= 15 is 0 Å². The van der Waals surface area contributed by atoms with E-state index < -0.39 is 9.73 Å². The highest BCUT2D eigenvalue weighted by Gasteiger charge is 2.04. The van der Waals surface area contributed by atoms with E-state index in [4.69, 9.17) is 0 Å². The quantitative estimate of drug-likeness (QED) is 0.787. The number of hydrogen-bond acceptors (Lipinski definition) is 3. The lowest BCUT2D eigenvalue weighted by atomic mass is 10.4. The van der Waals surface area contributed by atoms with Crippen molar-refractivity contribution in [3.8, 4) is 0 Å². The maximum Gasteiger partial charge on any atom is 0.0836 e. The minimum atomic E-state index is -2.32. The van der Waals surface area contributed by atoms with Crippen molar-refractivity contribution < 1.29 is 4.21 Å². The molecule has 17 heavy (non-hydrogen) atoms. The van der Waals surface area contributed by atoms with Gasteiger partial charge in [0.05, 0.1) is 9.73 Å². The third-order valence-corrected chi connectivity index (χ3v) is 5.27. The van der Waals surface area contributed by atoms with Gasteiger partial charge in [-0.15, -0.1) is 0 Å². The molecule has 0 aliphatic carbocycles. The standard InChI is InChI=1S/C13H13NOS2/c1-17(15,13-10-6-3-7-11-13)14-16-12-8-4-2-5-9-12/h2-11H,1H3. The van der Waals surface area contributed by atoms with Crippen molar-refractivity contribution in [2.45, 2.75) is 9.79 Å². The summed E-state index contributed by atoms with van der Waals surface area (Å²) in [6.07, 6.45) is 1.66. The van der Waals surface area contributed by atoms with Crippen molar-refractivity contribution in [3.63, 3.8) is 0 Å². The smallest absolute Gasteiger partial charge is 0.0836 e. The Morgan fingerprint density at radius 1 is 0.941 bits per heavy atom. The van der Waals surface area contributed by atoms with E-state index in [0.29, 0.717) is 0 Å². The molecule has 0 amide bonds. The largest absolute Gasteiger partial charge is 0.244 e. The third kappa shape index (κ3) is 3.35. The zero-order chi connectivity index (χ0) is 12.1. The van der Waals surface area contributed by atoms with Gasteiger partial charge in [-0.05, 0) is 24.3 Å². The average Bonchev–Trinajstić information content (AvgIpc) is 2.39. The Balaban J connectivity index is 2.25. The monoisotopic (exact) mass is 263 g/mol. The lowest BCUT2D eigenvalue weighted by Crippen LogP contribution is -1.95. The first-order valence-electron chi connectivity index (χ1n) is 5.17. The van der Waals surface area contributed by atoms with Crippen LogP contribution in [0.15, 0.2) is 74.2 Å². The van der Waals surface area contributed by atoms with E-state index in [1.54, 1.807) is 6.26 Å². The molecule has 2 aromatic carbocycles.